The number of hydrogen-bond acceptors (Lipinski definition) is 5. The van der Waals surface area contributed by atoms with Crippen LogP contribution in [0.25, 0.3) is 0 Å². The Bertz CT molecular complexity index is 327. The van der Waals surface area contributed by atoms with Crippen LogP contribution < -0.4 is 10.6 Å². The van der Waals surface area contributed by atoms with Crippen LogP contribution in [-0.2, 0) is 0 Å². The van der Waals surface area contributed by atoms with Crippen molar-refractivity contribution in [1.82, 2.24) is 9.97 Å². The predicted octanol–water partition coefficient (Wildman–Crippen LogP) is 0.574. The lowest BCUT2D eigenvalue weighted by Gasteiger charge is -2.20. The molecule has 5 nitrogen and oxygen atoms in total. The van der Waals surface area contributed by atoms with E-state index in [1.807, 2.05) is 18.9 Å². The SMILES string of the molecule is Cc1c(N)ncnc1N(C)CCC(C)O. The summed E-state index contributed by atoms with van der Waals surface area (Å²) in [6.45, 7) is 4.41. The monoisotopic (exact) mass is 210 g/mol. The van der Waals surface area contributed by atoms with Gasteiger partial charge in [0.25, 0.3) is 0 Å². The fourth-order valence-electron chi connectivity index (χ4n) is 1.33. The van der Waals surface area contributed by atoms with Crippen LogP contribution in [0.1, 0.15) is 18.9 Å². The average Bonchev–Trinajstić information content (AvgIpc) is 2.18. The summed E-state index contributed by atoms with van der Waals surface area (Å²) in [7, 11) is 1.93. The molecule has 1 aromatic rings. The van der Waals surface area contributed by atoms with Crippen LogP contribution in [0.4, 0.5) is 11.6 Å². The highest BCUT2D eigenvalue weighted by Gasteiger charge is 2.09. The maximum absolute atomic E-state index is 9.19. The van der Waals surface area contributed by atoms with Gasteiger partial charge in [0.05, 0.1) is 6.10 Å². The van der Waals surface area contributed by atoms with Gasteiger partial charge in [0.1, 0.15) is 18.0 Å². The first-order valence-corrected chi connectivity index (χ1v) is 4.98. The molecule has 15 heavy (non-hydrogen) atoms. The Labute approximate surface area is 90.0 Å². The van der Waals surface area contributed by atoms with E-state index in [0.29, 0.717) is 12.2 Å². The van der Waals surface area contributed by atoms with Gasteiger partial charge in [0.15, 0.2) is 0 Å². The molecular weight excluding hydrogens is 192 g/mol. The van der Waals surface area contributed by atoms with Crippen molar-refractivity contribution in [2.75, 3.05) is 24.2 Å². The molecule has 0 aromatic carbocycles. The number of anilines is 2. The summed E-state index contributed by atoms with van der Waals surface area (Å²) in [5.74, 6) is 1.33. The van der Waals surface area contributed by atoms with Crippen molar-refractivity contribution in [3.8, 4) is 0 Å². The molecule has 1 aromatic heterocycles. The molecule has 0 amide bonds. The van der Waals surface area contributed by atoms with E-state index >= 15 is 0 Å². The van der Waals surface area contributed by atoms with Crippen molar-refractivity contribution in [2.24, 2.45) is 0 Å². The summed E-state index contributed by atoms with van der Waals surface area (Å²) in [6, 6.07) is 0. The zero-order valence-corrected chi connectivity index (χ0v) is 9.44. The van der Waals surface area contributed by atoms with Crippen LogP contribution in [0.5, 0.6) is 0 Å². The lowest BCUT2D eigenvalue weighted by atomic mass is 10.2. The lowest BCUT2D eigenvalue weighted by Crippen LogP contribution is -2.24. The largest absolute Gasteiger partial charge is 0.393 e. The third-order valence-corrected chi connectivity index (χ3v) is 2.34. The number of rotatable bonds is 4. The summed E-state index contributed by atoms with van der Waals surface area (Å²) in [5.41, 5.74) is 6.57. The van der Waals surface area contributed by atoms with Gasteiger partial charge in [-0.15, -0.1) is 0 Å². The number of aliphatic hydroxyl groups is 1. The zero-order valence-electron chi connectivity index (χ0n) is 9.44. The minimum atomic E-state index is -0.299. The van der Waals surface area contributed by atoms with Gasteiger partial charge in [-0.25, -0.2) is 9.97 Å². The van der Waals surface area contributed by atoms with Crippen molar-refractivity contribution < 1.29 is 5.11 Å². The molecule has 1 atom stereocenters. The average molecular weight is 210 g/mol. The Balaban J connectivity index is 2.73. The van der Waals surface area contributed by atoms with Gasteiger partial charge in [-0.1, -0.05) is 0 Å². The molecule has 0 aliphatic carbocycles. The molecule has 0 radical (unpaired) electrons. The Morgan fingerprint density at radius 3 is 2.80 bits per heavy atom. The van der Waals surface area contributed by atoms with E-state index in [4.69, 9.17) is 5.73 Å². The highest BCUT2D eigenvalue weighted by atomic mass is 16.3. The van der Waals surface area contributed by atoms with Gasteiger partial charge in [0, 0.05) is 19.2 Å². The molecule has 1 heterocycles. The Hall–Kier alpha value is -1.36. The predicted molar refractivity (Wildman–Crippen MR) is 60.7 cm³/mol. The van der Waals surface area contributed by atoms with E-state index in [1.54, 1.807) is 6.92 Å². The Morgan fingerprint density at radius 1 is 1.53 bits per heavy atom. The van der Waals surface area contributed by atoms with Crippen LogP contribution in [0.15, 0.2) is 6.33 Å². The smallest absolute Gasteiger partial charge is 0.136 e. The number of nitrogen functional groups attached to an aromatic ring is 1. The van der Waals surface area contributed by atoms with Gasteiger partial charge in [0.2, 0.25) is 0 Å². The summed E-state index contributed by atoms with van der Waals surface area (Å²) in [4.78, 5) is 10.1. The van der Waals surface area contributed by atoms with E-state index in [-0.39, 0.29) is 6.10 Å². The molecular formula is C10H18N4O. The third-order valence-electron chi connectivity index (χ3n) is 2.34. The molecule has 84 valence electrons. The number of nitrogens with zero attached hydrogens (tertiary/aromatic N) is 3. The molecule has 0 bridgehead atoms. The highest BCUT2D eigenvalue weighted by molar-refractivity contribution is 5.55. The molecule has 0 fully saturated rings. The number of aromatic nitrogens is 2. The first-order chi connectivity index (χ1) is 7.02. The van der Waals surface area contributed by atoms with Crippen molar-refractivity contribution in [3.63, 3.8) is 0 Å². The van der Waals surface area contributed by atoms with Crippen molar-refractivity contribution >= 4 is 11.6 Å². The quantitative estimate of drug-likeness (QED) is 0.760. The standard InChI is InChI=1S/C10H18N4O/c1-7(15)4-5-14(3)10-8(2)9(11)12-6-13-10/h6-7,15H,4-5H2,1-3H3,(H2,11,12,13). The maximum Gasteiger partial charge on any atom is 0.136 e. The maximum atomic E-state index is 9.19. The minimum absolute atomic E-state index is 0.299. The van der Waals surface area contributed by atoms with E-state index in [9.17, 15) is 5.11 Å². The van der Waals surface area contributed by atoms with Crippen molar-refractivity contribution in [2.45, 2.75) is 26.4 Å². The molecule has 0 aliphatic rings. The van der Waals surface area contributed by atoms with E-state index in [2.05, 4.69) is 9.97 Å². The van der Waals surface area contributed by atoms with E-state index in [1.165, 1.54) is 6.33 Å². The second-order valence-electron chi connectivity index (χ2n) is 3.77. The topological polar surface area (TPSA) is 75.3 Å². The molecule has 1 rings (SSSR count). The van der Waals surface area contributed by atoms with E-state index < -0.39 is 0 Å². The van der Waals surface area contributed by atoms with Crippen LogP contribution in [0, 0.1) is 6.92 Å². The van der Waals surface area contributed by atoms with Gasteiger partial charge in [-0.2, -0.15) is 0 Å². The highest BCUT2D eigenvalue weighted by Crippen LogP contribution is 2.18. The number of hydrogen-bond donors (Lipinski definition) is 2. The molecule has 5 heteroatoms. The fourth-order valence-corrected chi connectivity index (χ4v) is 1.33. The van der Waals surface area contributed by atoms with Crippen molar-refractivity contribution in [1.29, 1.82) is 0 Å². The Kier molecular flexibility index (Phi) is 3.85. The Morgan fingerprint density at radius 2 is 2.20 bits per heavy atom. The first-order valence-electron chi connectivity index (χ1n) is 4.98. The summed E-state index contributed by atoms with van der Waals surface area (Å²) >= 11 is 0. The summed E-state index contributed by atoms with van der Waals surface area (Å²) in [5, 5.41) is 9.19. The molecule has 0 spiro atoms. The molecule has 3 N–H and O–H groups in total. The van der Waals surface area contributed by atoms with Gasteiger partial charge < -0.3 is 15.7 Å². The minimum Gasteiger partial charge on any atom is -0.393 e. The van der Waals surface area contributed by atoms with E-state index in [0.717, 1.165) is 17.9 Å². The molecule has 1 unspecified atom stereocenters. The fraction of sp³-hybridized carbons (Fsp3) is 0.600. The van der Waals surface area contributed by atoms with Crippen LogP contribution in [-0.4, -0.2) is 34.8 Å². The van der Waals surface area contributed by atoms with Crippen LogP contribution in [0.3, 0.4) is 0 Å². The number of aliphatic hydroxyl groups excluding tert-OH is 1. The summed E-state index contributed by atoms with van der Waals surface area (Å²) < 4.78 is 0. The van der Waals surface area contributed by atoms with Gasteiger partial charge in [-0.3, -0.25) is 0 Å². The van der Waals surface area contributed by atoms with Crippen LogP contribution >= 0.6 is 0 Å². The molecule has 0 aliphatic heterocycles. The zero-order chi connectivity index (χ0) is 11.4. The third kappa shape index (κ3) is 3.06. The number of nitrogens with two attached hydrogens (primary N) is 1. The lowest BCUT2D eigenvalue weighted by molar-refractivity contribution is 0.187. The molecule has 0 saturated heterocycles. The van der Waals surface area contributed by atoms with Crippen LogP contribution in [0.2, 0.25) is 0 Å². The second-order valence-corrected chi connectivity index (χ2v) is 3.77. The summed E-state index contributed by atoms with van der Waals surface area (Å²) in [6.07, 6.45) is 1.86. The van der Waals surface area contributed by atoms with Gasteiger partial charge >= 0.3 is 0 Å². The first kappa shape index (κ1) is 11.7. The normalized spacial score (nSPS) is 12.5. The molecule has 0 saturated carbocycles. The van der Waals surface area contributed by atoms with Crippen molar-refractivity contribution in [3.05, 3.63) is 11.9 Å². The second kappa shape index (κ2) is 4.93. The van der Waals surface area contributed by atoms with Gasteiger partial charge in [-0.05, 0) is 20.3 Å².